The Morgan fingerprint density at radius 2 is 1.51 bits per heavy atom. The average molecular weight is 482 g/mol. The molecule has 2 aromatic rings. The van der Waals surface area contributed by atoms with E-state index < -0.39 is 23.7 Å². The minimum Gasteiger partial charge on any atom is -0.508 e. The second-order valence-corrected chi connectivity index (χ2v) is 7.70. The second kappa shape index (κ2) is 11.6. The summed E-state index contributed by atoms with van der Waals surface area (Å²) < 4.78 is 15.6. The summed E-state index contributed by atoms with van der Waals surface area (Å²) in [5, 5.41) is 20.2. The minimum absolute atomic E-state index is 0.0307. The molecule has 0 saturated carbocycles. The first-order valence-corrected chi connectivity index (χ1v) is 10.6. The molecule has 9 heteroatoms. The largest absolute Gasteiger partial charge is 0.508 e. The van der Waals surface area contributed by atoms with E-state index in [-0.39, 0.29) is 70.3 Å². The van der Waals surface area contributed by atoms with Gasteiger partial charge in [0.25, 0.3) is 0 Å². The molecule has 0 saturated heterocycles. The van der Waals surface area contributed by atoms with Gasteiger partial charge in [-0.3, -0.25) is 9.59 Å². The normalized spacial score (nSPS) is 10.3. The molecule has 0 aliphatic carbocycles. The Balaban J connectivity index is 2.35. The first-order valence-electron chi connectivity index (χ1n) is 10.6. The molecule has 184 valence electrons. The molecule has 9 nitrogen and oxygen atoms in total. The summed E-state index contributed by atoms with van der Waals surface area (Å²) in [6.45, 7) is 11.5. The fraction of sp³-hybridized carbons (Fsp3) is 0.231. The standard InChI is InChI=1S/C26H26O9/c1-6-23(30)34-22-12-17(27)11-16(24(22)35-26(32)15(4)5)7-9-20(28)19-13-18(8-10-21(19)29)33-25(31)14(2)3/h8,10-13,27,29H,2,4,6-7,9H2,1,3,5H3. The van der Waals surface area contributed by atoms with E-state index in [1.54, 1.807) is 6.92 Å². The number of aryl methyl sites for hydroxylation is 1. The lowest BCUT2D eigenvalue weighted by Gasteiger charge is -2.15. The third-order valence-corrected chi connectivity index (χ3v) is 4.62. The van der Waals surface area contributed by atoms with Gasteiger partial charge >= 0.3 is 17.9 Å². The van der Waals surface area contributed by atoms with Gasteiger partial charge in [0.1, 0.15) is 17.2 Å². The number of benzene rings is 2. The summed E-state index contributed by atoms with van der Waals surface area (Å²) in [5.41, 5.74) is 0.344. The molecule has 0 aromatic heterocycles. The van der Waals surface area contributed by atoms with E-state index in [4.69, 9.17) is 14.2 Å². The fourth-order valence-electron chi connectivity index (χ4n) is 2.77. The molecule has 0 amide bonds. The van der Waals surface area contributed by atoms with Crippen LogP contribution in [-0.4, -0.2) is 33.9 Å². The molecule has 2 rings (SSSR count). The highest BCUT2D eigenvalue weighted by Gasteiger charge is 2.21. The number of ketones is 1. The summed E-state index contributed by atoms with van der Waals surface area (Å²) in [6.07, 6.45) is -0.228. The van der Waals surface area contributed by atoms with Crippen LogP contribution < -0.4 is 14.2 Å². The van der Waals surface area contributed by atoms with Crippen molar-refractivity contribution in [1.82, 2.24) is 0 Å². The maximum absolute atomic E-state index is 12.9. The number of phenolic OH excluding ortho intramolecular Hbond substituents is 2. The van der Waals surface area contributed by atoms with Gasteiger partial charge < -0.3 is 24.4 Å². The number of ether oxygens (including phenoxy) is 3. The van der Waals surface area contributed by atoms with Crippen molar-refractivity contribution in [2.45, 2.75) is 40.0 Å². The molecule has 0 heterocycles. The molecule has 0 atom stereocenters. The van der Waals surface area contributed by atoms with Crippen molar-refractivity contribution in [1.29, 1.82) is 0 Å². The van der Waals surface area contributed by atoms with Gasteiger partial charge in [-0.1, -0.05) is 20.1 Å². The Labute approximate surface area is 202 Å². The van der Waals surface area contributed by atoms with E-state index in [0.29, 0.717) is 0 Å². The lowest BCUT2D eigenvalue weighted by atomic mass is 10.0. The molecule has 2 aromatic carbocycles. The molecule has 2 N–H and O–H groups in total. The first-order chi connectivity index (χ1) is 16.4. The number of rotatable bonds is 10. The van der Waals surface area contributed by atoms with Crippen LogP contribution in [0.3, 0.4) is 0 Å². The lowest BCUT2D eigenvalue weighted by Crippen LogP contribution is -2.14. The van der Waals surface area contributed by atoms with Crippen molar-refractivity contribution in [2.75, 3.05) is 0 Å². The smallest absolute Gasteiger partial charge is 0.338 e. The fourth-order valence-corrected chi connectivity index (χ4v) is 2.77. The van der Waals surface area contributed by atoms with Gasteiger partial charge in [0.05, 0.1) is 5.56 Å². The maximum Gasteiger partial charge on any atom is 0.338 e. The van der Waals surface area contributed by atoms with E-state index in [0.717, 1.165) is 6.07 Å². The number of hydrogen-bond donors (Lipinski definition) is 2. The van der Waals surface area contributed by atoms with Crippen molar-refractivity contribution in [3.8, 4) is 28.7 Å². The highest BCUT2D eigenvalue weighted by atomic mass is 16.6. The van der Waals surface area contributed by atoms with Crippen LogP contribution in [0.1, 0.15) is 49.5 Å². The Hall–Kier alpha value is -4.40. The predicted molar refractivity (Wildman–Crippen MR) is 126 cm³/mol. The van der Waals surface area contributed by atoms with Crippen LogP contribution in [0.2, 0.25) is 0 Å². The number of phenols is 2. The highest BCUT2D eigenvalue weighted by Crippen LogP contribution is 2.37. The van der Waals surface area contributed by atoms with E-state index in [2.05, 4.69) is 13.2 Å². The Kier molecular flexibility index (Phi) is 8.93. The van der Waals surface area contributed by atoms with Crippen LogP contribution in [0.15, 0.2) is 54.6 Å². The Bertz CT molecular complexity index is 1210. The molecule has 0 aliphatic rings. The number of Topliss-reactive ketones (excluding diaryl/α,β-unsaturated/α-hetero) is 1. The van der Waals surface area contributed by atoms with Crippen LogP contribution in [0.25, 0.3) is 0 Å². The van der Waals surface area contributed by atoms with Crippen molar-refractivity contribution >= 4 is 23.7 Å². The zero-order chi connectivity index (χ0) is 26.3. The van der Waals surface area contributed by atoms with E-state index in [9.17, 15) is 29.4 Å². The zero-order valence-electron chi connectivity index (χ0n) is 19.7. The van der Waals surface area contributed by atoms with Crippen molar-refractivity contribution in [2.24, 2.45) is 0 Å². The van der Waals surface area contributed by atoms with Crippen molar-refractivity contribution in [3.63, 3.8) is 0 Å². The number of hydrogen-bond acceptors (Lipinski definition) is 9. The number of aromatic hydroxyl groups is 2. The van der Waals surface area contributed by atoms with Crippen molar-refractivity contribution < 1.29 is 43.6 Å². The molecule has 0 aliphatic heterocycles. The number of carbonyl (C=O) groups is 4. The lowest BCUT2D eigenvalue weighted by molar-refractivity contribution is -0.135. The summed E-state index contributed by atoms with van der Waals surface area (Å²) in [4.78, 5) is 48.6. The van der Waals surface area contributed by atoms with Crippen LogP contribution in [0, 0.1) is 0 Å². The molecular formula is C26H26O9. The third kappa shape index (κ3) is 7.29. The minimum atomic E-state index is -0.790. The number of esters is 3. The Morgan fingerprint density at radius 3 is 2.11 bits per heavy atom. The van der Waals surface area contributed by atoms with Gasteiger partial charge in [-0.2, -0.15) is 0 Å². The van der Waals surface area contributed by atoms with Gasteiger partial charge in [0.2, 0.25) is 0 Å². The monoisotopic (exact) mass is 482 g/mol. The van der Waals surface area contributed by atoms with E-state index in [1.165, 1.54) is 38.1 Å². The van der Waals surface area contributed by atoms with Crippen molar-refractivity contribution in [3.05, 3.63) is 65.8 Å². The SMILES string of the molecule is C=C(C)C(=O)Oc1ccc(O)c(C(=O)CCc2cc(O)cc(OC(=O)CC)c2OC(=O)C(=C)C)c1. The van der Waals surface area contributed by atoms with E-state index >= 15 is 0 Å². The van der Waals surface area contributed by atoms with Gasteiger partial charge in [0, 0.05) is 35.6 Å². The summed E-state index contributed by atoms with van der Waals surface area (Å²) in [5.74, 6) is -3.52. The van der Waals surface area contributed by atoms with Crippen LogP contribution in [-0.2, 0) is 20.8 Å². The summed E-state index contributed by atoms with van der Waals surface area (Å²) in [7, 11) is 0. The first kappa shape index (κ1) is 26.8. The van der Waals surface area contributed by atoms with Gasteiger partial charge in [-0.25, -0.2) is 9.59 Å². The summed E-state index contributed by atoms with van der Waals surface area (Å²) >= 11 is 0. The second-order valence-electron chi connectivity index (χ2n) is 7.70. The molecule has 0 bridgehead atoms. The molecule has 0 spiro atoms. The molecule has 35 heavy (non-hydrogen) atoms. The predicted octanol–water partition coefficient (Wildman–Crippen LogP) is 4.19. The summed E-state index contributed by atoms with van der Waals surface area (Å²) in [6, 6.07) is 6.14. The van der Waals surface area contributed by atoms with Crippen LogP contribution in [0.4, 0.5) is 0 Å². The van der Waals surface area contributed by atoms with Gasteiger partial charge in [0.15, 0.2) is 17.3 Å². The maximum atomic E-state index is 12.9. The zero-order valence-corrected chi connectivity index (χ0v) is 19.7. The average Bonchev–Trinajstić information content (AvgIpc) is 2.79. The topological polar surface area (TPSA) is 136 Å². The van der Waals surface area contributed by atoms with Gasteiger partial charge in [-0.05, 0) is 44.5 Å². The van der Waals surface area contributed by atoms with Gasteiger partial charge in [-0.15, -0.1) is 0 Å². The molecule has 0 radical (unpaired) electrons. The number of carbonyl (C=O) groups excluding carboxylic acids is 4. The van der Waals surface area contributed by atoms with Crippen LogP contribution >= 0.6 is 0 Å². The highest BCUT2D eigenvalue weighted by molar-refractivity contribution is 5.99. The molecule has 0 fully saturated rings. The van der Waals surface area contributed by atoms with E-state index in [1.807, 2.05) is 0 Å². The third-order valence-electron chi connectivity index (χ3n) is 4.62. The Morgan fingerprint density at radius 1 is 0.886 bits per heavy atom. The van der Waals surface area contributed by atoms with Crippen LogP contribution in [0.5, 0.6) is 28.7 Å². The molecule has 0 unspecified atom stereocenters. The molecular weight excluding hydrogens is 456 g/mol. The quantitative estimate of drug-likeness (QED) is 0.221.